The van der Waals surface area contributed by atoms with E-state index in [1.807, 2.05) is 19.1 Å². The molecule has 0 saturated heterocycles. The van der Waals surface area contributed by atoms with Crippen molar-refractivity contribution in [1.29, 1.82) is 0 Å². The van der Waals surface area contributed by atoms with Gasteiger partial charge in [0.2, 0.25) is 5.89 Å². The molecule has 6 heteroatoms. The summed E-state index contributed by atoms with van der Waals surface area (Å²) >= 11 is 0. The van der Waals surface area contributed by atoms with E-state index in [1.165, 1.54) is 0 Å². The Hall–Kier alpha value is -2.34. The van der Waals surface area contributed by atoms with Crippen molar-refractivity contribution < 1.29 is 9.21 Å². The molecule has 0 radical (unpaired) electrons. The summed E-state index contributed by atoms with van der Waals surface area (Å²) in [4.78, 5) is 16.1. The molecule has 2 aromatic rings. The first-order chi connectivity index (χ1) is 9.10. The number of nitrogens with two attached hydrogens (primary N) is 1. The number of aromatic nitrogens is 1. The van der Waals surface area contributed by atoms with Gasteiger partial charge < -0.3 is 15.2 Å². The Morgan fingerprint density at radius 1 is 1.42 bits per heavy atom. The first-order valence-electron chi connectivity index (χ1n) is 5.87. The highest BCUT2D eigenvalue weighted by Crippen LogP contribution is 2.16. The van der Waals surface area contributed by atoms with Gasteiger partial charge in [0.1, 0.15) is 5.76 Å². The fraction of sp³-hybridized carbons (Fsp3) is 0.231. The number of amides is 1. The van der Waals surface area contributed by atoms with E-state index in [9.17, 15) is 4.79 Å². The summed E-state index contributed by atoms with van der Waals surface area (Å²) in [6.45, 7) is 3.97. The lowest BCUT2D eigenvalue weighted by Gasteiger charge is -2.09. The van der Waals surface area contributed by atoms with E-state index >= 15 is 0 Å². The fourth-order valence-electron chi connectivity index (χ4n) is 1.71. The minimum Gasteiger partial charge on any atom is -0.444 e. The highest BCUT2D eigenvalue weighted by Gasteiger charge is 2.11. The second kappa shape index (κ2) is 5.53. The third kappa shape index (κ3) is 3.11. The van der Waals surface area contributed by atoms with Crippen molar-refractivity contribution in [1.82, 2.24) is 10.3 Å². The van der Waals surface area contributed by atoms with Crippen LogP contribution in [-0.2, 0) is 6.54 Å². The lowest BCUT2D eigenvalue weighted by Crippen LogP contribution is -2.25. The number of hydrogen-bond donors (Lipinski definition) is 3. The zero-order valence-corrected chi connectivity index (χ0v) is 10.9. The molecule has 1 amide bonds. The molecule has 0 bridgehead atoms. The van der Waals surface area contributed by atoms with Crippen molar-refractivity contribution in [2.75, 3.05) is 5.43 Å². The monoisotopic (exact) mass is 260 g/mol. The summed E-state index contributed by atoms with van der Waals surface area (Å²) in [5.74, 6) is 6.36. The van der Waals surface area contributed by atoms with E-state index < -0.39 is 0 Å². The SMILES string of the molecule is Cc1ccc(C(=O)NCc2ncc(C)o2)c(NN)c1. The highest BCUT2D eigenvalue weighted by molar-refractivity contribution is 5.99. The molecule has 1 heterocycles. The van der Waals surface area contributed by atoms with Crippen LogP contribution in [-0.4, -0.2) is 10.9 Å². The van der Waals surface area contributed by atoms with Crippen LogP contribution in [0.25, 0.3) is 0 Å². The maximum Gasteiger partial charge on any atom is 0.253 e. The number of aryl methyl sites for hydroxylation is 2. The van der Waals surface area contributed by atoms with Gasteiger partial charge in [0.15, 0.2) is 0 Å². The maximum atomic E-state index is 12.0. The van der Waals surface area contributed by atoms with Crippen molar-refractivity contribution in [3.63, 3.8) is 0 Å². The minimum atomic E-state index is -0.233. The van der Waals surface area contributed by atoms with Crippen molar-refractivity contribution in [3.8, 4) is 0 Å². The lowest BCUT2D eigenvalue weighted by atomic mass is 10.1. The molecular formula is C13H16N4O2. The molecule has 0 aliphatic heterocycles. The molecule has 4 N–H and O–H groups in total. The Morgan fingerprint density at radius 2 is 2.21 bits per heavy atom. The summed E-state index contributed by atoms with van der Waals surface area (Å²) < 4.78 is 5.28. The number of hydrazine groups is 1. The molecule has 0 aliphatic carbocycles. The van der Waals surface area contributed by atoms with Crippen LogP contribution in [0.5, 0.6) is 0 Å². The molecule has 0 aliphatic rings. The van der Waals surface area contributed by atoms with Gasteiger partial charge >= 0.3 is 0 Å². The number of carbonyl (C=O) groups excluding carboxylic acids is 1. The summed E-state index contributed by atoms with van der Waals surface area (Å²) in [5, 5.41) is 2.73. The van der Waals surface area contributed by atoms with Gasteiger partial charge in [0, 0.05) is 0 Å². The number of nitrogens with zero attached hydrogens (tertiary/aromatic N) is 1. The Kier molecular flexibility index (Phi) is 3.82. The normalized spacial score (nSPS) is 10.3. The molecular weight excluding hydrogens is 244 g/mol. The van der Waals surface area contributed by atoms with Gasteiger partial charge in [-0.15, -0.1) is 0 Å². The Morgan fingerprint density at radius 3 is 2.84 bits per heavy atom. The van der Waals surface area contributed by atoms with Gasteiger partial charge in [0.25, 0.3) is 5.91 Å². The molecule has 19 heavy (non-hydrogen) atoms. The van der Waals surface area contributed by atoms with Crippen LogP contribution in [0, 0.1) is 13.8 Å². The Labute approximate surface area is 111 Å². The molecule has 2 rings (SSSR count). The van der Waals surface area contributed by atoms with Gasteiger partial charge in [-0.3, -0.25) is 10.6 Å². The van der Waals surface area contributed by atoms with Gasteiger partial charge in [-0.2, -0.15) is 0 Å². The van der Waals surface area contributed by atoms with Crippen LogP contribution < -0.4 is 16.6 Å². The Balaban J connectivity index is 2.07. The molecule has 0 spiro atoms. The van der Waals surface area contributed by atoms with Crippen LogP contribution in [0.15, 0.2) is 28.8 Å². The topological polar surface area (TPSA) is 93.2 Å². The van der Waals surface area contributed by atoms with Crippen molar-refractivity contribution in [2.24, 2.45) is 5.84 Å². The first kappa shape index (κ1) is 13.1. The first-order valence-corrected chi connectivity index (χ1v) is 5.87. The molecule has 0 unspecified atom stereocenters. The van der Waals surface area contributed by atoms with Crippen molar-refractivity contribution in [2.45, 2.75) is 20.4 Å². The van der Waals surface area contributed by atoms with Crippen LogP contribution in [0.4, 0.5) is 5.69 Å². The summed E-state index contributed by atoms with van der Waals surface area (Å²) in [6.07, 6.45) is 1.61. The molecule has 0 fully saturated rings. The van der Waals surface area contributed by atoms with Crippen LogP contribution in [0.2, 0.25) is 0 Å². The largest absolute Gasteiger partial charge is 0.444 e. The average Bonchev–Trinajstić information content (AvgIpc) is 2.81. The zero-order chi connectivity index (χ0) is 13.8. The number of oxazole rings is 1. The third-order valence-electron chi connectivity index (χ3n) is 2.64. The van der Waals surface area contributed by atoms with E-state index in [0.29, 0.717) is 22.9 Å². The predicted molar refractivity (Wildman–Crippen MR) is 71.4 cm³/mol. The van der Waals surface area contributed by atoms with Crippen LogP contribution >= 0.6 is 0 Å². The second-order valence-electron chi connectivity index (χ2n) is 4.24. The van der Waals surface area contributed by atoms with Crippen molar-refractivity contribution in [3.05, 3.63) is 47.2 Å². The number of nitrogen functional groups attached to an aromatic ring is 1. The highest BCUT2D eigenvalue weighted by atomic mass is 16.4. The van der Waals surface area contributed by atoms with Crippen LogP contribution in [0.1, 0.15) is 27.6 Å². The number of hydrogen-bond acceptors (Lipinski definition) is 5. The number of benzene rings is 1. The molecule has 1 aromatic carbocycles. The van der Waals surface area contributed by atoms with E-state index in [0.717, 1.165) is 5.56 Å². The number of nitrogens with one attached hydrogen (secondary N) is 2. The molecule has 0 atom stereocenters. The van der Waals surface area contributed by atoms with Gasteiger partial charge in [0.05, 0.1) is 24.0 Å². The molecule has 6 nitrogen and oxygen atoms in total. The van der Waals surface area contributed by atoms with E-state index in [2.05, 4.69) is 15.7 Å². The smallest absolute Gasteiger partial charge is 0.253 e. The maximum absolute atomic E-state index is 12.0. The van der Waals surface area contributed by atoms with E-state index in [-0.39, 0.29) is 12.5 Å². The second-order valence-corrected chi connectivity index (χ2v) is 4.24. The Bertz CT molecular complexity index is 592. The van der Waals surface area contributed by atoms with Gasteiger partial charge in [-0.05, 0) is 31.5 Å². The summed E-state index contributed by atoms with van der Waals surface area (Å²) in [7, 11) is 0. The number of anilines is 1. The zero-order valence-electron chi connectivity index (χ0n) is 10.9. The number of rotatable bonds is 4. The van der Waals surface area contributed by atoms with Crippen molar-refractivity contribution >= 4 is 11.6 Å². The van der Waals surface area contributed by atoms with Gasteiger partial charge in [-0.1, -0.05) is 6.07 Å². The summed E-state index contributed by atoms with van der Waals surface area (Å²) in [6, 6.07) is 5.38. The quantitative estimate of drug-likeness (QED) is 0.572. The van der Waals surface area contributed by atoms with E-state index in [4.69, 9.17) is 10.3 Å². The third-order valence-corrected chi connectivity index (χ3v) is 2.64. The molecule has 0 saturated carbocycles. The molecule has 100 valence electrons. The standard InChI is InChI=1S/C13H16N4O2/c1-8-3-4-10(11(5-8)17-14)13(18)16-7-12-15-6-9(2)19-12/h3-6,17H,7,14H2,1-2H3,(H,16,18). The molecule has 1 aromatic heterocycles. The minimum absolute atomic E-state index is 0.233. The summed E-state index contributed by atoms with van der Waals surface area (Å²) in [5.41, 5.74) is 4.61. The number of carbonyl (C=O) groups is 1. The average molecular weight is 260 g/mol. The van der Waals surface area contributed by atoms with Gasteiger partial charge in [-0.25, -0.2) is 4.98 Å². The lowest BCUT2D eigenvalue weighted by molar-refractivity contribution is 0.0948. The fourth-order valence-corrected chi connectivity index (χ4v) is 1.71. The predicted octanol–water partition coefficient (Wildman–Crippen LogP) is 1.51. The van der Waals surface area contributed by atoms with Crippen LogP contribution in [0.3, 0.4) is 0 Å². The van der Waals surface area contributed by atoms with E-state index in [1.54, 1.807) is 19.2 Å².